The SMILES string of the molecule is Cc1ccc(C(=O)N[C@@H]2CCOC[C@H]2Oc2ccc(C#N)cc2)cc1O. The monoisotopic (exact) mass is 352 g/mol. The number of nitrogens with zero attached hydrogens (tertiary/aromatic N) is 1. The van der Waals surface area contributed by atoms with Crippen LogP contribution in [0.5, 0.6) is 11.5 Å². The maximum Gasteiger partial charge on any atom is 0.251 e. The van der Waals surface area contributed by atoms with Gasteiger partial charge in [0.1, 0.15) is 17.6 Å². The van der Waals surface area contributed by atoms with Gasteiger partial charge < -0.3 is 19.9 Å². The van der Waals surface area contributed by atoms with Gasteiger partial charge in [0, 0.05) is 12.2 Å². The van der Waals surface area contributed by atoms with Crippen LogP contribution in [-0.2, 0) is 4.74 Å². The Labute approximate surface area is 152 Å². The molecule has 0 unspecified atom stereocenters. The average Bonchev–Trinajstić information content (AvgIpc) is 2.66. The number of nitriles is 1. The predicted molar refractivity (Wildman–Crippen MR) is 95.1 cm³/mol. The molecule has 1 aliphatic heterocycles. The fourth-order valence-electron chi connectivity index (χ4n) is 2.78. The van der Waals surface area contributed by atoms with Crippen molar-refractivity contribution in [2.24, 2.45) is 0 Å². The molecule has 0 aromatic heterocycles. The smallest absolute Gasteiger partial charge is 0.251 e. The largest absolute Gasteiger partial charge is 0.508 e. The van der Waals surface area contributed by atoms with E-state index in [0.717, 1.165) is 5.56 Å². The number of aromatic hydroxyl groups is 1. The molecule has 6 nitrogen and oxygen atoms in total. The minimum absolute atomic E-state index is 0.0926. The Morgan fingerprint density at radius 3 is 2.77 bits per heavy atom. The number of carbonyl (C=O) groups is 1. The third kappa shape index (κ3) is 4.13. The summed E-state index contributed by atoms with van der Waals surface area (Å²) in [5.41, 5.74) is 1.67. The molecule has 0 spiro atoms. The summed E-state index contributed by atoms with van der Waals surface area (Å²) >= 11 is 0. The van der Waals surface area contributed by atoms with E-state index < -0.39 is 0 Å². The van der Waals surface area contributed by atoms with Crippen molar-refractivity contribution in [2.45, 2.75) is 25.5 Å². The van der Waals surface area contributed by atoms with Crippen molar-refractivity contribution >= 4 is 5.91 Å². The van der Waals surface area contributed by atoms with E-state index in [-0.39, 0.29) is 23.8 Å². The first-order valence-corrected chi connectivity index (χ1v) is 8.42. The van der Waals surface area contributed by atoms with Crippen molar-refractivity contribution in [1.29, 1.82) is 5.26 Å². The summed E-state index contributed by atoms with van der Waals surface area (Å²) in [7, 11) is 0. The van der Waals surface area contributed by atoms with Gasteiger partial charge in [-0.05, 0) is 55.3 Å². The molecule has 0 bridgehead atoms. The highest BCUT2D eigenvalue weighted by atomic mass is 16.5. The van der Waals surface area contributed by atoms with E-state index >= 15 is 0 Å². The van der Waals surface area contributed by atoms with Gasteiger partial charge in [-0.15, -0.1) is 0 Å². The highest BCUT2D eigenvalue weighted by Crippen LogP contribution is 2.20. The van der Waals surface area contributed by atoms with Crippen LogP contribution in [0.1, 0.15) is 27.9 Å². The van der Waals surface area contributed by atoms with Gasteiger partial charge >= 0.3 is 0 Å². The molecule has 1 aliphatic rings. The van der Waals surface area contributed by atoms with E-state index in [4.69, 9.17) is 14.7 Å². The van der Waals surface area contributed by atoms with Crippen molar-refractivity contribution in [1.82, 2.24) is 5.32 Å². The van der Waals surface area contributed by atoms with E-state index in [0.29, 0.717) is 36.5 Å². The number of carbonyl (C=O) groups excluding carboxylic acids is 1. The van der Waals surface area contributed by atoms with Crippen LogP contribution in [-0.4, -0.2) is 36.4 Å². The molecule has 0 aliphatic carbocycles. The molecule has 0 radical (unpaired) electrons. The Bertz CT molecular complexity index is 827. The lowest BCUT2D eigenvalue weighted by atomic mass is 10.0. The molecule has 2 aromatic rings. The van der Waals surface area contributed by atoms with Crippen molar-refractivity contribution in [3.63, 3.8) is 0 Å². The van der Waals surface area contributed by atoms with Crippen LogP contribution in [0.2, 0.25) is 0 Å². The summed E-state index contributed by atoms with van der Waals surface area (Å²) in [6, 6.07) is 13.5. The highest BCUT2D eigenvalue weighted by Gasteiger charge is 2.29. The number of nitrogens with one attached hydrogen (secondary N) is 1. The zero-order valence-electron chi connectivity index (χ0n) is 14.4. The van der Waals surface area contributed by atoms with Crippen molar-refractivity contribution in [2.75, 3.05) is 13.2 Å². The summed E-state index contributed by atoms with van der Waals surface area (Å²) in [6.45, 7) is 2.68. The number of benzene rings is 2. The minimum Gasteiger partial charge on any atom is -0.508 e. The first kappa shape index (κ1) is 17.8. The quantitative estimate of drug-likeness (QED) is 0.882. The fourth-order valence-corrected chi connectivity index (χ4v) is 2.78. The second-order valence-electron chi connectivity index (χ2n) is 6.24. The Balaban J connectivity index is 1.68. The lowest BCUT2D eigenvalue weighted by Gasteiger charge is -2.32. The number of aryl methyl sites for hydroxylation is 1. The average molecular weight is 352 g/mol. The maximum atomic E-state index is 12.5. The number of phenolic OH excluding ortho intramolecular Hbond substituents is 1. The third-order valence-corrected chi connectivity index (χ3v) is 4.36. The Hall–Kier alpha value is -3.04. The second-order valence-corrected chi connectivity index (χ2v) is 6.24. The van der Waals surface area contributed by atoms with Crippen LogP contribution in [0.4, 0.5) is 0 Å². The van der Waals surface area contributed by atoms with Gasteiger partial charge in [-0.1, -0.05) is 6.07 Å². The van der Waals surface area contributed by atoms with Gasteiger partial charge in [0.15, 0.2) is 0 Å². The lowest BCUT2D eigenvalue weighted by molar-refractivity contribution is -0.0135. The molecule has 134 valence electrons. The van der Waals surface area contributed by atoms with Crippen LogP contribution in [0.15, 0.2) is 42.5 Å². The summed E-state index contributed by atoms with van der Waals surface area (Å²) in [5.74, 6) is 0.447. The second kappa shape index (κ2) is 7.89. The van der Waals surface area contributed by atoms with Gasteiger partial charge in [-0.3, -0.25) is 4.79 Å². The molecule has 26 heavy (non-hydrogen) atoms. The fraction of sp³-hybridized carbons (Fsp3) is 0.300. The molecule has 6 heteroatoms. The van der Waals surface area contributed by atoms with Crippen LogP contribution < -0.4 is 10.1 Å². The zero-order valence-corrected chi connectivity index (χ0v) is 14.4. The number of phenols is 1. The number of hydrogen-bond donors (Lipinski definition) is 2. The van der Waals surface area contributed by atoms with Crippen LogP contribution in [0.25, 0.3) is 0 Å². The van der Waals surface area contributed by atoms with Crippen molar-refractivity contribution in [3.8, 4) is 17.6 Å². The molecule has 2 aromatic carbocycles. The number of amides is 1. The molecule has 1 heterocycles. The summed E-state index contributed by atoms with van der Waals surface area (Å²) in [6.07, 6.45) is 0.296. The van der Waals surface area contributed by atoms with Crippen LogP contribution in [0, 0.1) is 18.3 Å². The topological polar surface area (TPSA) is 91.6 Å². The van der Waals surface area contributed by atoms with Crippen LogP contribution in [0.3, 0.4) is 0 Å². The van der Waals surface area contributed by atoms with Gasteiger partial charge in [0.05, 0.1) is 24.3 Å². The van der Waals surface area contributed by atoms with Crippen molar-refractivity contribution < 1.29 is 19.4 Å². The van der Waals surface area contributed by atoms with E-state index in [9.17, 15) is 9.90 Å². The van der Waals surface area contributed by atoms with Gasteiger partial charge in [0.2, 0.25) is 0 Å². The van der Waals surface area contributed by atoms with E-state index in [1.54, 1.807) is 43.3 Å². The number of rotatable bonds is 4. The van der Waals surface area contributed by atoms with Gasteiger partial charge in [-0.25, -0.2) is 0 Å². The molecule has 1 amide bonds. The highest BCUT2D eigenvalue weighted by molar-refractivity contribution is 5.94. The van der Waals surface area contributed by atoms with Gasteiger partial charge in [-0.2, -0.15) is 5.26 Å². The molecule has 2 atom stereocenters. The Kier molecular flexibility index (Phi) is 5.40. The molecular formula is C20H20N2O4. The number of ether oxygens (including phenoxy) is 2. The Morgan fingerprint density at radius 2 is 2.08 bits per heavy atom. The van der Waals surface area contributed by atoms with Gasteiger partial charge in [0.25, 0.3) is 5.91 Å². The lowest BCUT2D eigenvalue weighted by Crippen LogP contribution is -2.51. The molecule has 1 fully saturated rings. The summed E-state index contributed by atoms with van der Waals surface area (Å²) in [4.78, 5) is 12.5. The molecule has 1 saturated heterocycles. The minimum atomic E-state index is -0.334. The zero-order chi connectivity index (χ0) is 18.5. The summed E-state index contributed by atoms with van der Waals surface area (Å²) in [5, 5.41) is 21.6. The molecule has 2 N–H and O–H groups in total. The normalized spacial score (nSPS) is 19.4. The van der Waals surface area contributed by atoms with Crippen LogP contribution >= 0.6 is 0 Å². The summed E-state index contributed by atoms with van der Waals surface area (Å²) < 4.78 is 11.4. The molecule has 0 saturated carbocycles. The first-order valence-electron chi connectivity index (χ1n) is 8.42. The maximum absolute atomic E-state index is 12.5. The number of hydrogen-bond acceptors (Lipinski definition) is 5. The standard InChI is InChI=1S/C20H20N2O4/c1-13-2-5-15(10-18(13)23)20(24)22-17-8-9-25-12-19(17)26-16-6-3-14(11-21)4-7-16/h2-7,10,17,19,23H,8-9,12H2,1H3,(H,22,24)/t17-,19-/m1/s1. The first-order chi connectivity index (χ1) is 12.6. The molecular weight excluding hydrogens is 332 g/mol. The predicted octanol–water partition coefficient (Wildman–Crippen LogP) is 2.54. The Morgan fingerprint density at radius 1 is 1.31 bits per heavy atom. The van der Waals surface area contributed by atoms with E-state index in [1.807, 2.05) is 0 Å². The molecule has 3 rings (SSSR count). The van der Waals surface area contributed by atoms with Crippen molar-refractivity contribution in [3.05, 3.63) is 59.2 Å². The third-order valence-electron chi connectivity index (χ3n) is 4.36. The van der Waals surface area contributed by atoms with E-state index in [2.05, 4.69) is 11.4 Å². The van der Waals surface area contributed by atoms with E-state index in [1.165, 1.54) is 6.07 Å².